The summed E-state index contributed by atoms with van der Waals surface area (Å²) in [5, 5.41) is 128. The Balaban J connectivity index is 0.995. The molecule has 7 aliphatic rings. The van der Waals surface area contributed by atoms with E-state index >= 15 is 0 Å². The van der Waals surface area contributed by atoms with Crippen LogP contribution in [0.4, 0.5) is 0 Å². The normalized spacial score (nSPS) is 51.0. The quantitative estimate of drug-likeness (QED) is 0.0470. The van der Waals surface area contributed by atoms with Gasteiger partial charge in [-0.25, -0.2) is 4.79 Å². The van der Waals surface area contributed by atoms with Gasteiger partial charge >= 0.3 is 5.97 Å². The van der Waals surface area contributed by atoms with Crippen molar-refractivity contribution in [1.82, 2.24) is 0 Å². The van der Waals surface area contributed by atoms with Gasteiger partial charge in [0.15, 0.2) is 37.2 Å². The molecule has 0 amide bonds. The molecule has 0 radical (unpaired) electrons. The lowest BCUT2D eigenvalue weighted by atomic mass is 9.73. The third kappa shape index (κ3) is 11.7. The smallest absolute Gasteiger partial charge is 0.330 e. The highest BCUT2D eigenvalue weighted by Gasteiger charge is 2.57. The van der Waals surface area contributed by atoms with Gasteiger partial charge in [-0.05, 0) is 64.2 Å². The standard InChI is InChI=1S/C43H70O22/c1-17-39(65-30(48)10-4-18-3-9-23(47)26(11-18)57-2)35(53)38(56)41(59-17)58-16-29-32(50)34(52)37(55)43(64-29)62-27-14-22-24(60-40(27)19-5-7-20(45)8-6-19)12-21(46)13-25(22)61-42-36(54)33(51)31(49)28(15-44)63-42/h4,10,17-29,31-47,49-56H,3,5-9,11-16H2,1-2H3/p+1. The first-order valence-electron chi connectivity index (χ1n) is 23.1. The van der Waals surface area contributed by atoms with E-state index in [0.29, 0.717) is 44.9 Å². The van der Waals surface area contributed by atoms with Gasteiger partial charge < -0.3 is 104 Å². The summed E-state index contributed by atoms with van der Waals surface area (Å²) in [6, 6.07) is 0. The molecule has 0 aromatic rings. The van der Waals surface area contributed by atoms with Crippen LogP contribution in [-0.4, -0.2) is 233 Å². The van der Waals surface area contributed by atoms with E-state index in [0.717, 1.165) is 0 Å². The van der Waals surface area contributed by atoms with Crippen LogP contribution in [0.2, 0.25) is 0 Å². The van der Waals surface area contributed by atoms with Crippen molar-refractivity contribution in [3.63, 3.8) is 0 Å². The number of hydrogen-bond donors (Lipinski definition) is 12. The second-order valence-corrected chi connectivity index (χ2v) is 19.1. The molecule has 13 N–H and O–H groups in total. The van der Waals surface area contributed by atoms with Crippen LogP contribution in [0, 0.1) is 17.8 Å². The minimum absolute atomic E-state index is 0.0449. The second kappa shape index (κ2) is 22.4. The molecule has 65 heavy (non-hydrogen) atoms. The van der Waals surface area contributed by atoms with Crippen LogP contribution in [0.3, 0.4) is 0 Å². The lowest BCUT2D eigenvalue weighted by Gasteiger charge is -2.50. The van der Waals surface area contributed by atoms with Crippen molar-refractivity contribution in [1.29, 1.82) is 0 Å². The van der Waals surface area contributed by atoms with Crippen LogP contribution in [0.5, 0.6) is 0 Å². The first-order chi connectivity index (χ1) is 31.0. The average Bonchev–Trinajstić information content (AvgIpc) is 3.29. The topological polar surface area (TPSA) is 346 Å². The lowest BCUT2D eigenvalue weighted by Crippen LogP contribution is -2.64. The highest BCUT2D eigenvalue weighted by molar-refractivity contribution is 5.82. The van der Waals surface area contributed by atoms with Gasteiger partial charge in [-0.1, -0.05) is 6.08 Å². The van der Waals surface area contributed by atoms with Crippen LogP contribution < -0.4 is 0 Å². The van der Waals surface area contributed by atoms with Crippen molar-refractivity contribution in [2.75, 3.05) is 20.3 Å². The summed E-state index contributed by atoms with van der Waals surface area (Å²) >= 11 is 0. The number of methoxy groups -OCH3 is 1. The van der Waals surface area contributed by atoms with Crippen LogP contribution in [0.25, 0.3) is 0 Å². The summed E-state index contributed by atoms with van der Waals surface area (Å²) in [7, 11) is 1.51. The maximum absolute atomic E-state index is 12.8. The van der Waals surface area contributed by atoms with Crippen LogP contribution >= 0.6 is 0 Å². The zero-order chi connectivity index (χ0) is 46.9. The number of carbonyl (C=O) groups is 1. The molecule has 374 valence electrons. The van der Waals surface area contributed by atoms with Gasteiger partial charge in [0.05, 0.1) is 55.8 Å². The zero-order valence-corrected chi connectivity index (χ0v) is 36.6. The van der Waals surface area contributed by atoms with E-state index in [1.165, 1.54) is 20.1 Å². The van der Waals surface area contributed by atoms with Crippen molar-refractivity contribution < 1.29 is 109 Å². The molecule has 7 fully saturated rings. The Labute approximate surface area is 376 Å². The molecule has 4 saturated heterocycles. The van der Waals surface area contributed by atoms with E-state index in [-0.39, 0.29) is 37.2 Å². The molecular formula is C43H71O22+. The van der Waals surface area contributed by atoms with Crippen molar-refractivity contribution in [2.45, 2.75) is 212 Å². The fourth-order valence-electron chi connectivity index (χ4n) is 10.8. The van der Waals surface area contributed by atoms with E-state index in [9.17, 15) is 66.1 Å². The van der Waals surface area contributed by atoms with Gasteiger partial charge in [-0.15, -0.1) is 0 Å². The van der Waals surface area contributed by atoms with Crippen molar-refractivity contribution >= 4 is 5.97 Å². The molecule has 22 heteroatoms. The van der Waals surface area contributed by atoms with E-state index < -0.39 is 160 Å². The number of carbonyl (C=O) groups excluding carboxylic acids is 1. The number of ether oxygens (including phenoxy) is 9. The second-order valence-electron chi connectivity index (χ2n) is 19.1. The van der Waals surface area contributed by atoms with Crippen molar-refractivity contribution in [3.05, 3.63) is 12.2 Å². The van der Waals surface area contributed by atoms with Crippen molar-refractivity contribution in [2.24, 2.45) is 17.8 Å². The largest absolute Gasteiger partial charge is 0.454 e. The first kappa shape index (κ1) is 51.3. The predicted octanol–water partition coefficient (Wildman–Crippen LogP) is -4.52. The van der Waals surface area contributed by atoms with Gasteiger partial charge in [0.2, 0.25) is 0 Å². The van der Waals surface area contributed by atoms with E-state index in [1.54, 1.807) is 6.08 Å². The molecular weight excluding hydrogens is 868 g/mol. The number of esters is 1. The summed E-state index contributed by atoms with van der Waals surface area (Å²) in [6.07, 6.45) is -20.7. The van der Waals surface area contributed by atoms with Crippen LogP contribution in [0.15, 0.2) is 12.2 Å². The lowest BCUT2D eigenvalue weighted by molar-refractivity contribution is -0.370. The predicted molar refractivity (Wildman–Crippen MR) is 217 cm³/mol. The molecule has 0 aromatic carbocycles. The molecule has 4 aliphatic heterocycles. The highest BCUT2D eigenvalue weighted by atomic mass is 16.7. The SMILES string of the molecule is COC1CC(C=CC(=O)OC2C(C)OC(OCC3OC(OC4CC5C(OC6OC(CO)C(O)C(O)C6O)CC(O)CC5[OH+]C4C4CCC(O)CC4)C(O)C(O)C3O)C(O)C2O)CCC1O. The van der Waals surface area contributed by atoms with Gasteiger partial charge in [0, 0.05) is 31.9 Å². The molecule has 7 rings (SSSR count). The number of aliphatic hydroxyl groups is 14. The van der Waals surface area contributed by atoms with E-state index in [1.807, 2.05) is 0 Å². The Bertz CT molecular complexity index is 1530. The van der Waals surface area contributed by atoms with Crippen molar-refractivity contribution in [3.8, 4) is 0 Å². The summed E-state index contributed by atoms with van der Waals surface area (Å²) in [5.74, 6) is -1.39. The molecule has 24 unspecified atom stereocenters. The maximum Gasteiger partial charge on any atom is 0.330 e. The minimum Gasteiger partial charge on any atom is -0.454 e. The van der Waals surface area contributed by atoms with Crippen LogP contribution in [0.1, 0.15) is 71.1 Å². The molecule has 3 saturated carbocycles. The fourth-order valence-corrected chi connectivity index (χ4v) is 10.8. The Morgan fingerprint density at radius 1 is 0.646 bits per heavy atom. The number of allylic oxidation sites excluding steroid dienone is 1. The summed E-state index contributed by atoms with van der Waals surface area (Å²) < 4.78 is 51.9. The maximum atomic E-state index is 12.8. The molecule has 0 aromatic heterocycles. The van der Waals surface area contributed by atoms with Gasteiger partial charge in [-0.3, -0.25) is 0 Å². The third-order valence-corrected chi connectivity index (χ3v) is 14.7. The monoisotopic (exact) mass is 939 g/mol. The number of hydrogen-bond acceptors (Lipinski definition) is 21. The Morgan fingerprint density at radius 2 is 1.28 bits per heavy atom. The Hall–Kier alpha value is -1.59. The van der Waals surface area contributed by atoms with E-state index in [4.69, 9.17) is 42.6 Å². The van der Waals surface area contributed by atoms with Crippen LogP contribution in [-0.2, 0) is 42.7 Å². The number of fused-ring (bicyclic) bond motifs is 1. The Morgan fingerprint density at radius 3 is 1.94 bits per heavy atom. The molecule has 24 atom stereocenters. The van der Waals surface area contributed by atoms with Gasteiger partial charge in [-0.2, -0.15) is 0 Å². The minimum atomic E-state index is -1.80. The summed E-state index contributed by atoms with van der Waals surface area (Å²) in [4.78, 5) is 12.8. The molecule has 3 aliphatic carbocycles. The third-order valence-electron chi connectivity index (χ3n) is 14.7. The average molecular weight is 940 g/mol. The Kier molecular flexibility index (Phi) is 17.7. The fraction of sp³-hybridized carbons (Fsp3) is 0.930. The summed E-state index contributed by atoms with van der Waals surface area (Å²) in [6.45, 7) is 0.304. The molecule has 0 bridgehead atoms. The van der Waals surface area contributed by atoms with Gasteiger partial charge in [0.25, 0.3) is 0 Å². The molecule has 4 heterocycles. The zero-order valence-electron chi connectivity index (χ0n) is 36.6. The first-order valence-corrected chi connectivity index (χ1v) is 23.1. The highest BCUT2D eigenvalue weighted by Crippen LogP contribution is 2.44. The molecule has 0 spiro atoms. The summed E-state index contributed by atoms with van der Waals surface area (Å²) in [5.41, 5.74) is 0. The van der Waals surface area contributed by atoms with E-state index in [2.05, 4.69) is 0 Å². The molecule has 22 nitrogen and oxygen atoms in total. The van der Waals surface area contributed by atoms with Gasteiger partial charge in [0.1, 0.15) is 67.1 Å². The number of aliphatic hydroxyl groups excluding tert-OH is 12. The number of rotatable bonds is 13.